The average molecular weight is 354 g/mol. The first-order valence-electron chi connectivity index (χ1n) is 8.06. The molecule has 0 aromatic carbocycles. The Labute approximate surface area is 144 Å². The van der Waals surface area contributed by atoms with Crippen LogP contribution in [-0.4, -0.2) is 22.8 Å². The third kappa shape index (κ3) is 4.04. The number of halogens is 2. The van der Waals surface area contributed by atoms with Gasteiger partial charge in [0.25, 0.3) is 6.43 Å². The largest absolute Gasteiger partial charge is 0.465 e. The first-order valence-corrected chi connectivity index (χ1v) is 8.94. The number of nitriles is 1. The fourth-order valence-corrected chi connectivity index (χ4v) is 3.77. The molecule has 0 spiro atoms. The molecule has 1 atom stereocenters. The number of rotatable bonds is 5. The van der Waals surface area contributed by atoms with Crippen LogP contribution in [0.15, 0.2) is 5.03 Å². The van der Waals surface area contributed by atoms with E-state index >= 15 is 0 Å². The van der Waals surface area contributed by atoms with Gasteiger partial charge in [0, 0.05) is 11.3 Å². The summed E-state index contributed by atoms with van der Waals surface area (Å²) >= 11 is 1.01. The molecule has 0 N–H and O–H groups in total. The van der Waals surface area contributed by atoms with E-state index in [4.69, 9.17) is 4.74 Å². The highest BCUT2D eigenvalue weighted by atomic mass is 32.2. The fourth-order valence-electron chi connectivity index (χ4n) is 2.83. The number of carbonyl (C=O) groups excluding carboxylic acids is 1. The second-order valence-electron chi connectivity index (χ2n) is 5.62. The van der Waals surface area contributed by atoms with Crippen molar-refractivity contribution < 1.29 is 18.3 Å². The minimum atomic E-state index is -2.73. The van der Waals surface area contributed by atoms with Crippen molar-refractivity contribution in [2.24, 2.45) is 0 Å². The van der Waals surface area contributed by atoms with Gasteiger partial charge >= 0.3 is 5.97 Å². The Morgan fingerprint density at radius 3 is 2.71 bits per heavy atom. The van der Waals surface area contributed by atoms with Gasteiger partial charge in [-0.05, 0) is 45.1 Å². The third-order valence-corrected chi connectivity index (χ3v) is 5.04. The maximum absolute atomic E-state index is 13.7. The van der Waals surface area contributed by atoms with Crippen molar-refractivity contribution in [1.29, 1.82) is 5.26 Å². The van der Waals surface area contributed by atoms with Gasteiger partial charge in [0.05, 0.1) is 12.2 Å². The number of aryl methyl sites for hydroxylation is 1. The number of nitrogens with zero attached hydrogens (tertiary/aromatic N) is 2. The number of hydrogen-bond donors (Lipinski definition) is 0. The maximum atomic E-state index is 13.7. The molecule has 1 aromatic rings. The number of esters is 1. The molecular weight excluding hydrogens is 334 g/mol. The minimum Gasteiger partial charge on any atom is -0.465 e. The summed E-state index contributed by atoms with van der Waals surface area (Å²) in [6.45, 7) is 3.57. The number of carbonyl (C=O) groups is 1. The highest BCUT2D eigenvalue weighted by molar-refractivity contribution is 8.00. The van der Waals surface area contributed by atoms with Crippen LogP contribution in [0, 0.1) is 11.3 Å². The first kappa shape index (κ1) is 18.7. The lowest BCUT2D eigenvalue weighted by molar-refractivity contribution is -0.142. The second-order valence-corrected chi connectivity index (χ2v) is 6.95. The summed E-state index contributed by atoms with van der Waals surface area (Å²) in [5, 5.41) is 9.01. The van der Waals surface area contributed by atoms with Crippen molar-refractivity contribution in [2.45, 2.75) is 62.7 Å². The van der Waals surface area contributed by atoms with Crippen LogP contribution in [0.4, 0.5) is 8.78 Å². The minimum absolute atomic E-state index is 0.105. The van der Waals surface area contributed by atoms with Gasteiger partial charge < -0.3 is 4.74 Å². The number of alkyl halides is 2. The van der Waals surface area contributed by atoms with Gasteiger partial charge in [-0.1, -0.05) is 18.2 Å². The Hall–Kier alpha value is -1.68. The molecule has 1 aromatic heterocycles. The Morgan fingerprint density at radius 2 is 2.08 bits per heavy atom. The van der Waals surface area contributed by atoms with E-state index in [1.165, 1.54) is 0 Å². The van der Waals surface area contributed by atoms with Gasteiger partial charge in [-0.3, -0.25) is 4.79 Å². The molecule has 0 amide bonds. The summed E-state index contributed by atoms with van der Waals surface area (Å²) in [6, 6.07) is 1.88. The van der Waals surface area contributed by atoms with Crippen molar-refractivity contribution in [3.8, 4) is 6.07 Å². The van der Waals surface area contributed by atoms with Gasteiger partial charge in [-0.15, -0.1) is 0 Å². The molecule has 1 unspecified atom stereocenters. The molecule has 2 rings (SSSR count). The molecule has 4 nitrogen and oxygen atoms in total. The Kier molecular flexibility index (Phi) is 6.55. The number of fused-ring (bicyclic) bond motifs is 1. The molecule has 0 saturated heterocycles. The monoisotopic (exact) mass is 354 g/mol. The zero-order chi connectivity index (χ0) is 17.7. The molecular formula is C17H20F2N2O2S. The van der Waals surface area contributed by atoms with Gasteiger partial charge in [0.1, 0.15) is 16.3 Å². The molecule has 1 heterocycles. The van der Waals surface area contributed by atoms with Crippen molar-refractivity contribution in [1.82, 2.24) is 4.98 Å². The van der Waals surface area contributed by atoms with Crippen LogP contribution in [-0.2, 0) is 22.4 Å². The standard InChI is InChI=1S/C17H20F2N2O2S/c1-3-23-17(22)10(2)24-16-12(9-20)14(15(18)19)11-7-5-4-6-8-13(11)21-16/h10,15H,3-8H2,1-2H3. The predicted molar refractivity (Wildman–Crippen MR) is 87.1 cm³/mol. The van der Waals surface area contributed by atoms with Crippen molar-refractivity contribution in [3.05, 3.63) is 22.4 Å². The topological polar surface area (TPSA) is 63.0 Å². The summed E-state index contributed by atoms with van der Waals surface area (Å²) < 4.78 is 32.2. The lowest BCUT2D eigenvalue weighted by Gasteiger charge is -2.17. The Balaban J connectivity index is 2.48. The summed E-state index contributed by atoms with van der Waals surface area (Å²) in [5.41, 5.74) is 0.849. The average Bonchev–Trinajstić information content (AvgIpc) is 2.78. The third-order valence-electron chi connectivity index (χ3n) is 3.97. The second kappa shape index (κ2) is 8.43. The highest BCUT2D eigenvalue weighted by Gasteiger charge is 2.28. The van der Waals surface area contributed by atoms with Crippen molar-refractivity contribution in [2.75, 3.05) is 6.61 Å². The summed E-state index contributed by atoms with van der Waals surface area (Å²) in [5.74, 6) is -0.443. The lowest BCUT2D eigenvalue weighted by atomic mass is 9.98. The number of hydrogen-bond acceptors (Lipinski definition) is 5. The van der Waals surface area contributed by atoms with E-state index in [0.717, 1.165) is 31.0 Å². The smallest absolute Gasteiger partial charge is 0.319 e. The molecule has 130 valence electrons. The molecule has 7 heteroatoms. The van der Waals surface area contributed by atoms with Crippen LogP contribution >= 0.6 is 11.8 Å². The molecule has 0 aliphatic heterocycles. The van der Waals surface area contributed by atoms with E-state index in [2.05, 4.69) is 4.98 Å². The quantitative estimate of drug-likeness (QED) is 0.450. The molecule has 1 aliphatic carbocycles. The zero-order valence-electron chi connectivity index (χ0n) is 13.8. The first-order chi connectivity index (χ1) is 11.5. The van der Waals surface area contributed by atoms with Gasteiger partial charge in [-0.2, -0.15) is 5.26 Å². The normalized spacial score (nSPS) is 15.3. The van der Waals surface area contributed by atoms with Gasteiger partial charge in [0.2, 0.25) is 0 Å². The van der Waals surface area contributed by atoms with Crippen molar-refractivity contribution in [3.63, 3.8) is 0 Å². The highest BCUT2D eigenvalue weighted by Crippen LogP contribution is 2.37. The lowest BCUT2D eigenvalue weighted by Crippen LogP contribution is -2.18. The predicted octanol–water partition coefficient (Wildman–Crippen LogP) is 4.20. The van der Waals surface area contributed by atoms with Gasteiger partial charge in [-0.25, -0.2) is 13.8 Å². The van der Waals surface area contributed by atoms with E-state index in [1.807, 2.05) is 6.07 Å². The fraction of sp³-hybridized carbons (Fsp3) is 0.588. The molecule has 24 heavy (non-hydrogen) atoms. The Morgan fingerprint density at radius 1 is 1.38 bits per heavy atom. The summed E-state index contributed by atoms with van der Waals surface area (Å²) in [7, 11) is 0. The molecule has 0 bridgehead atoms. The van der Waals surface area contributed by atoms with Crippen LogP contribution in [0.1, 0.15) is 61.9 Å². The van der Waals surface area contributed by atoms with E-state index < -0.39 is 17.6 Å². The Bertz CT molecular complexity index is 659. The van der Waals surface area contributed by atoms with Crippen LogP contribution in [0.5, 0.6) is 0 Å². The van der Waals surface area contributed by atoms with Crippen molar-refractivity contribution >= 4 is 17.7 Å². The maximum Gasteiger partial charge on any atom is 0.319 e. The van der Waals surface area contributed by atoms with Crippen LogP contribution < -0.4 is 0 Å². The molecule has 0 radical (unpaired) electrons. The SMILES string of the molecule is CCOC(=O)C(C)Sc1nc2c(c(C(F)F)c1C#N)CCCCC2. The van der Waals surface area contributed by atoms with E-state index in [-0.39, 0.29) is 22.8 Å². The van der Waals surface area contributed by atoms with E-state index in [0.29, 0.717) is 24.1 Å². The van der Waals surface area contributed by atoms with E-state index in [1.54, 1.807) is 13.8 Å². The summed E-state index contributed by atoms with van der Waals surface area (Å²) in [4.78, 5) is 16.3. The number of ether oxygens (including phenoxy) is 1. The zero-order valence-corrected chi connectivity index (χ0v) is 14.6. The van der Waals surface area contributed by atoms with Crippen LogP contribution in [0.3, 0.4) is 0 Å². The van der Waals surface area contributed by atoms with Crippen LogP contribution in [0.2, 0.25) is 0 Å². The number of pyridine rings is 1. The molecule has 1 aliphatic rings. The number of thioether (sulfide) groups is 1. The van der Waals surface area contributed by atoms with E-state index in [9.17, 15) is 18.8 Å². The molecule has 0 saturated carbocycles. The summed E-state index contributed by atoms with van der Waals surface area (Å²) in [6.07, 6.45) is 1.10. The van der Waals surface area contributed by atoms with Crippen LogP contribution in [0.25, 0.3) is 0 Å². The molecule has 0 fully saturated rings. The number of aromatic nitrogens is 1. The van der Waals surface area contributed by atoms with Gasteiger partial charge in [0.15, 0.2) is 0 Å².